The van der Waals surface area contributed by atoms with Gasteiger partial charge in [-0.1, -0.05) is 12.8 Å². The standard InChI is InChI=1S/C20H22N2O5S/c23-19(21-9-3-5-13-4-1-2-6-16(13)21)12-27-20(24)18-11-14-10-15(22(25)26)7-8-17(14)28-18/h7-8,10-11,13,16H,1-6,9,12H2/t13-,16+/m0/s1. The zero-order valence-electron chi connectivity index (χ0n) is 15.5. The number of nitro groups is 1. The van der Waals surface area contributed by atoms with Crippen molar-refractivity contribution >= 4 is 39.0 Å². The van der Waals surface area contributed by atoms with E-state index in [1.165, 1.54) is 42.7 Å². The summed E-state index contributed by atoms with van der Waals surface area (Å²) in [6, 6.07) is 6.34. The number of rotatable bonds is 4. The van der Waals surface area contributed by atoms with Gasteiger partial charge in [-0.15, -0.1) is 11.3 Å². The van der Waals surface area contributed by atoms with Crippen LogP contribution in [-0.2, 0) is 9.53 Å². The van der Waals surface area contributed by atoms with Gasteiger partial charge in [0.05, 0.1) is 4.92 Å². The SMILES string of the molecule is O=C(OCC(=O)N1CCC[C@@H]2CCCC[C@H]21)c1cc2cc([N+](=O)[O-])ccc2s1. The molecule has 2 fully saturated rings. The monoisotopic (exact) mass is 402 g/mol. The van der Waals surface area contributed by atoms with Crippen molar-refractivity contribution in [1.29, 1.82) is 0 Å². The fraction of sp³-hybridized carbons (Fsp3) is 0.500. The number of nitrogens with zero attached hydrogens (tertiary/aromatic N) is 2. The quantitative estimate of drug-likeness (QED) is 0.435. The number of carbonyl (C=O) groups excluding carboxylic acids is 2. The van der Waals surface area contributed by atoms with Crippen molar-refractivity contribution in [3.8, 4) is 0 Å². The highest BCUT2D eigenvalue weighted by Gasteiger charge is 2.35. The Morgan fingerprint density at radius 1 is 1.18 bits per heavy atom. The number of non-ortho nitro benzene ring substituents is 1. The maximum absolute atomic E-state index is 12.7. The molecule has 4 rings (SSSR count). The van der Waals surface area contributed by atoms with Crippen LogP contribution in [0.25, 0.3) is 10.1 Å². The molecular formula is C20H22N2O5S. The van der Waals surface area contributed by atoms with E-state index in [0.29, 0.717) is 22.2 Å². The molecule has 148 valence electrons. The number of thiophene rings is 1. The van der Waals surface area contributed by atoms with Crippen molar-refractivity contribution in [2.45, 2.75) is 44.6 Å². The van der Waals surface area contributed by atoms with Gasteiger partial charge in [0.25, 0.3) is 11.6 Å². The van der Waals surface area contributed by atoms with Crippen molar-refractivity contribution in [3.63, 3.8) is 0 Å². The number of piperidine rings is 1. The van der Waals surface area contributed by atoms with Crippen molar-refractivity contribution < 1.29 is 19.2 Å². The molecule has 2 atom stereocenters. The van der Waals surface area contributed by atoms with Crippen LogP contribution in [-0.4, -0.2) is 40.9 Å². The topological polar surface area (TPSA) is 89.8 Å². The third kappa shape index (κ3) is 3.73. The summed E-state index contributed by atoms with van der Waals surface area (Å²) in [5.74, 6) is -0.100. The van der Waals surface area contributed by atoms with E-state index < -0.39 is 10.9 Å². The molecule has 1 aromatic carbocycles. The van der Waals surface area contributed by atoms with Gasteiger partial charge in [0.15, 0.2) is 6.61 Å². The summed E-state index contributed by atoms with van der Waals surface area (Å²) < 4.78 is 6.04. The van der Waals surface area contributed by atoms with E-state index in [0.717, 1.165) is 30.5 Å². The molecule has 2 aliphatic rings. The molecule has 7 nitrogen and oxygen atoms in total. The van der Waals surface area contributed by atoms with Crippen LogP contribution < -0.4 is 0 Å². The first-order valence-electron chi connectivity index (χ1n) is 9.67. The minimum Gasteiger partial charge on any atom is -0.451 e. The summed E-state index contributed by atoms with van der Waals surface area (Å²) >= 11 is 1.21. The second-order valence-corrected chi connectivity index (χ2v) is 8.59. The maximum Gasteiger partial charge on any atom is 0.348 e. The van der Waals surface area contributed by atoms with Crippen molar-refractivity contribution in [1.82, 2.24) is 4.90 Å². The normalized spacial score (nSPS) is 21.9. The fourth-order valence-corrected chi connectivity index (χ4v) is 5.40. The van der Waals surface area contributed by atoms with E-state index in [9.17, 15) is 19.7 Å². The number of hydrogen-bond acceptors (Lipinski definition) is 6. The van der Waals surface area contributed by atoms with Crippen molar-refractivity contribution in [3.05, 3.63) is 39.3 Å². The van der Waals surface area contributed by atoms with Gasteiger partial charge >= 0.3 is 5.97 Å². The summed E-state index contributed by atoms with van der Waals surface area (Å²) in [7, 11) is 0. The van der Waals surface area contributed by atoms with Gasteiger partial charge in [0.1, 0.15) is 4.88 Å². The lowest BCUT2D eigenvalue weighted by molar-refractivity contribution is -0.384. The Balaban J connectivity index is 1.40. The molecule has 0 spiro atoms. The van der Waals surface area contributed by atoms with E-state index in [2.05, 4.69) is 0 Å². The fourth-order valence-electron chi connectivity index (χ4n) is 4.46. The maximum atomic E-state index is 12.7. The number of amides is 1. The Labute approximate surface area is 166 Å². The molecular weight excluding hydrogens is 380 g/mol. The predicted octanol–water partition coefficient (Wildman–Crippen LogP) is 4.15. The van der Waals surface area contributed by atoms with Gasteiger partial charge in [0, 0.05) is 34.8 Å². The molecule has 0 N–H and O–H groups in total. The number of benzene rings is 1. The van der Waals surface area contributed by atoms with Crippen molar-refractivity contribution in [2.75, 3.05) is 13.2 Å². The number of hydrogen-bond donors (Lipinski definition) is 0. The Hall–Kier alpha value is -2.48. The minimum atomic E-state index is -0.561. The Bertz CT molecular complexity index is 922. The second-order valence-electron chi connectivity index (χ2n) is 7.51. The zero-order chi connectivity index (χ0) is 19.7. The van der Waals surface area contributed by atoms with E-state index in [4.69, 9.17) is 4.74 Å². The second kappa shape index (κ2) is 7.87. The largest absolute Gasteiger partial charge is 0.451 e. The molecule has 8 heteroatoms. The number of esters is 1. The predicted molar refractivity (Wildman–Crippen MR) is 105 cm³/mol. The molecule has 1 saturated carbocycles. The van der Waals surface area contributed by atoms with Gasteiger partial charge in [0.2, 0.25) is 0 Å². The molecule has 2 heterocycles. The Morgan fingerprint density at radius 3 is 2.79 bits per heavy atom. The van der Waals surface area contributed by atoms with Gasteiger partial charge in [-0.2, -0.15) is 0 Å². The number of fused-ring (bicyclic) bond motifs is 2. The average molecular weight is 402 g/mol. The van der Waals surface area contributed by atoms with E-state index >= 15 is 0 Å². The number of ether oxygens (including phenoxy) is 1. The highest BCUT2D eigenvalue weighted by molar-refractivity contribution is 7.20. The lowest BCUT2D eigenvalue weighted by Gasteiger charge is -2.44. The van der Waals surface area contributed by atoms with Gasteiger partial charge in [-0.05, 0) is 43.7 Å². The highest BCUT2D eigenvalue weighted by atomic mass is 32.1. The number of carbonyl (C=O) groups is 2. The summed E-state index contributed by atoms with van der Waals surface area (Å²) in [5.41, 5.74) is -0.0208. The van der Waals surface area contributed by atoms with Crippen LogP contribution in [0.2, 0.25) is 0 Å². The summed E-state index contributed by atoms with van der Waals surface area (Å²) in [6.07, 6.45) is 6.81. The van der Waals surface area contributed by atoms with Crippen molar-refractivity contribution in [2.24, 2.45) is 5.92 Å². The lowest BCUT2D eigenvalue weighted by Crippen LogP contribution is -2.50. The summed E-state index contributed by atoms with van der Waals surface area (Å²) in [5, 5.41) is 11.5. The number of likely N-dealkylation sites (tertiary alicyclic amines) is 1. The molecule has 1 aliphatic carbocycles. The minimum absolute atomic E-state index is 0.0208. The van der Waals surface area contributed by atoms with Crippen LogP contribution in [0.1, 0.15) is 48.2 Å². The van der Waals surface area contributed by atoms with Gasteiger partial charge in [-0.25, -0.2) is 4.79 Å². The van der Waals surface area contributed by atoms with E-state index in [-0.39, 0.29) is 18.2 Å². The van der Waals surface area contributed by atoms with Crippen LogP contribution in [0.3, 0.4) is 0 Å². The average Bonchev–Trinajstić information content (AvgIpc) is 3.14. The third-order valence-corrected chi connectivity index (χ3v) is 6.90. The van der Waals surface area contributed by atoms with Gasteiger partial charge in [-0.3, -0.25) is 14.9 Å². The van der Waals surface area contributed by atoms with Gasteiger partial charge < -0.3 is 9.64 Å². The molecule has 1 saturated heterocycles. The molecule has 0 radical (unpaired) electrons. The Morgan fingerprint density at radius 2 is 1.96 bits per heavy atom. The molecule has 0 bridgehead atoms. The first-order chi connectivity index (χ1) is 13.5. The van der Waals surface area contributed by atoms with Crippen LogP contribution in [0.15, 0.2) is 24.3 Å². The smallest absolute Gasteiger partial charge is 0.348 e. The first-order valence-corrected chi connectivity index (χ1v) is 10.5. The summed E-state index contributed by atoms with van der Waals surface area (Å²) in [4.78, 5) is 37.7. The molecule has 1 aromatic heterocycles. The summed E-state index contributed by atoms with van der Waals surface area (Å²) in [6.45, 7) is 0.487. The Kier molecular flexibility index (Phi) is 5.30. The van der Waals surface area contributed by atoms with Crippen LogP contribution in [0.5, 0.6) is 0 Å². The van der Waals surface area contributed by atoms with Crippen LogP contribution in [0.4, 0.5) is 5.69 Å². The number of nitro benzene ring substituents is 1. The first kappa shape index (κ1) is 18.9. The van der Waals surface area contributed by atoms with E-state index in [1.807, 2.05) is 4.90 Å². The van der Waals surface area contributed by atoms with E-state index in [1.54, 1.807) is 12.1 Å². The highest BCUT2D eigenvalue weighted by Crippen LogP contribution is 2.35. The molecule has 1 aliphatic heterocycles. The molecule has 28 heavy (non-hydrogen) atoms. The molecule has 2 aromatic rings. The van der Waals surface area contributed by atoms with Crippen LogP contribution >= 0.6 is 11.3 Å². The zero-order valence-corrected chi connectivity index (χ0v) is 16.3. The lowest BCUT2D eigenvalue weighted by atomic mass is 9.78. The molecule has 0 unspecified atom stereocenters. The third-order valence-electron chi connectivity index (χ3n) is 5.80. The van der Waals surface area contributed by atoms with Crippen LogP contribution in [0, 0.1) is 16.0 Å². The molecule has 1 amide bonds.